The van der Waals surface area contributed by atoms with E-state index in [4.69, 9.17) is 4.74 Å². The number of aromatic nitrogens is 3. The molecule has 6 nitrogen and oxygen atoms in total. The van der Waals surface area contributed by atoms with Crippen molar-refractivity contribution >= 4 is 11.6 Å². The van der Waals surface area contributed by atoms with E-state index >= 15 is 0 Å². The molecule has 1 fully saturated rings. The highest BCUT2D eigenvalue weighted by Crippen LogP contribution is 2.22. The highest BCUT2D eigenvalue weighted by atomic mass is 16.5. The predicted molar refractivity (Wildman–Crippen MR) is 87.5 cm³/mol. The molecule has 1 aliphatic heterocycles. The maximum Gasteiger partial charge on any atom is 0.339 e. The Labute approximate surface area is 136 Å². The van der Waals surface area contributed by atoms with Crippen molar-refractivity contribution in [3.63, 3.8) is 0 Å². The van der Waals surface area contributed by atoms with E-state index in [0.717, 1.165) is 31.0 Å². The van der Waals surface area contributed by atoms with Crippen LogP contribution in [0, 0.1) is 5.92 Å². The van der Waals surface area contributed by atoms with Crippen molar-refractivity contribution in [3.8, 4) is 0 Å². The first-order chi connectivity index (χ1) is 11.1. The van der Waals surface area contributed by atoms with Gasteiger partial charge in [0.1, 0.15) is 5.82 Å². The minimum absolute atomic E-state index is 0.336. The molecule has 2 aromatic rings. The number of ether oxygens (including phenoxy) is 1. The average molecular weight is 316 g/mol. The number of rotatable bonds is 4. The first-order valence-corrected chi connectivity index (χ1v) is 8.24. The summed E-state index contributed by atoms with van der Waals surface area (Å²) in [5, 5.41) is 8.52. The summed E-state index contributed by atoms with van der Waals surface area (Å²) >= 11 is 0. The van der Waals surface area contributed by atoms with Crippen LogP contribution >= 0.6 is 0 Å². The van der Waals surface area contributed by atoms with Gasteiger partial charge in [-0.05, 0) is 57.8 Å². The zero-order valence-electron chi connectivity index (χ0n) is 14.0. The van der Waals surface area contributed by atoms with Crippen molar-refractivity contribution in [2.45, 2.75) is 39.2 Å². The molecule has 2 aromatic heterocycles. The highest BCUT2D eigenvalue weighted by molar-refractivity contribution is 5.89. The number of fused-ring (bicyclic) bond motifs is 1. The summed E-state index contributed by atoms with van der Waals surface area (Å²) in [5.41, 5.74) is 1.29. The molecule has 0 spiro atoms. The van der Waals surface area contributed by atoms with Crippen LogP contribution in [0.3, 0.4) is 0 Å². The Balaban J connectivity index is 1.74. The van der Waals surface area contributed by atoms with Crippen LogP contribution in [0.25, 0.3) is 5.65 Å². The van der Waals surface area contributed by atoms with Crippen LogP contribution < -0.4 is 0 Å². The van der Waals surface area contributed by atoms with Gasteiger partial charge in [0.05, 0.1) is 12.7 Å². The van der Waals surface area contributed by atoms with Gasteiger partial charge in [-0.3, -0.25) is 4.40 Å². The van der Waals surface area contributed by atoms with Crippen molar-refractivity contribution in [1.82, 2.24) is 19.5 Å². The number of carbonyl (C=O) groups excluding carboxylic acids is 1. The van der Waals surface area contributed by atoms with Gasteiger partial charge in [0.2, 0.25) is 0 Å². The fourth-order valence-corrected chi connectivity index (χ4v) is 3.25. The fourth-order valence-electron chi connectivity index (χ4n) is 3.25. The number of likely N-dealkylation sites (tertiary alicyclic amines) is 1. The van der Waals surface area contributed by atoms with Gasteiger partial charge in [-0.15, -0.1) is 10.2 Å². The molecule has 6 heteroatoms. The fraction of sp³-hybridized carbons (Fsp3) is 0.588. The minimum atomic E-state index is -0.336. The second-order valence-electron chi connectivity index (χ2n) is 6.53. The van der Waals surface area contributed by atoms with E-state index in [1.807, 2.05) is 10.5 Å². The van der Waals surface area contributed by atoms with E-state index in [0.29, 0.717) is 17.5 Å². The van der Waals surface area contributed by atoms with Crippen LogP contribution in [0.2, 0.25) is 0 Å². The average Bonchev–Trinajstić information content (AvgIpc) is 2.97. The molecule has 1 aliphatic rings. The molecule has 3 heterocycles. The van der Waals surface area contributed by atoms with E-state index < -0.39 is 0 Å². The van der Waals surface area contributed by atoms with Crippen molar-refractivity contribution in [3.05, 3.63) is 29.7 Å². The monoisotopic (exact) mass is 316 g/mol. The van der Waals surface area contributed by atoms with Gasteiger partial charge in [-0.1, -0.05) is 0 Å². The molecule has 0 amide bonds. The van der Waals surface area contributed by atoms with Crippen LogP contribution in [-0.4, -0.2) is 51.7 Å². The first-order valence-electron chi connectivity index (χ1n) is 8.24. The maximum atomic E-state index is 11.7. The van der Waals surface area contributed by atoms with Crippen LogP contribution in [-0.2, 0) is 11.2 Å². The van der Waals surface area contributed by atoms with Gasteiger partial charge >= 0.3 is 5.97 Å². The maximum absolute atomic E-state index is 11.7. The summed E-state index contributed by atoms with van der Waals surface area (Å²) in [4.78, 5) is 14.2. The Kier molecular flexibility index (Phi) is 4.61. The second-order valence-corrected chi connectivity index (χ2v) is 6.53. The number of esters is 1. The molecule has 23 heavy (non-hydrogen) atoms. The topological polar surface area (TPSA) is 59.7 Å². The normalized spacial score (nSPS) is 17.0. The van der Waals surface area contributed by atoms with E-state index in [-0.39, 0.29) is 5.97 Å². The van der Waals surface area contributed by atoms with Gasteiger partial charge in [0.15, 0.2) is 5.65 Å². The Morgan fingerprint density at radius 1 is 1.30 bits per heavy atom. The third-order valence-corrected chi connectivity index (χ3v) is 4.74. The highest BCUT2D eigenvalue weighted by Gasteiger charge is 2.22. The molecule has 3 rings (SSSR count). The second kappa shape index (κ2) is 6.66. The largest absolute Gasteiger partial charge is 0.465 e. The molecule has 1 saturated heterocycles. The summed E-state index contributed by atoms with van der Waals surface area (Å²) < 4.78 is 6.70. The quantitative estimate of drug-likeness (QED) is 0.809. The van der Waals surface area contributed by atoms with Crippen LogP contribution in [0.1, 0.15) is 42.9 Å². The van der Waals surface area contributed by atoms with Crippen LogP contribution in [0.5, 0.6) is 0 Å². The van der Waals surface area contributed by atoms with Crippen molar-refractivity contribution in [1.29, 1.82) is 0 Å². The van der Waals surface area contributed by atoms with E-state index in [2.05, 4.69) is 28.9 Å². The molecule has 0 unspecified atom stereocenters. The molecule has 0 bridgehead atoms. The molecule has 0 N–H and O–H groups in total. The van der Waals surface area contributed by atoms with Gasteiger partial charge in [-0.25, -0.2) is 4.79 Å². The van der Waals surface area contributed by atoms with E-state index in [1.54, 1.807) is 12.3 Å². The van der Waals surface area contributed by atoms with Crippen molar-refractivity contribution in [2.75, 3.05) is 20.2 Å². The number of hydrogen-bond donors (Lipinski definition) is 0. The summed E-state index contributed by atoms with van der Waals surface area (Å²) in [6, 6.07) is 4.15. The summed E-state index contributed by atoms with van der Waals surface area (Å²) in [5.74, 6) is 1.21. The molecule has 0 saturated carbocycles. The number of hydrogen-bond acceptors (Lipinski definition) is 5. The number of carbonyl (C=O) groups is 1. The zero-order valence-corrected chi connectivity index (χ0v) is 14.0. The Hall–Kier alpha value is -1.95. The Bertz CT molecular complexity index is 687. The smallest absolute Gasteiger partial charge is 0.339 e. The number of nitrogens with zero attached hydrogens (tertiary/aromatic N) is 4. The number of methoxy groups -OCH3 is 1. The summed E-state index contributed by atoms with van der Waals surface area (Å²) in [6.07, 6.45) is 5.05. The minimum Gasteiger partial charge on any atom is -0.465 e. The molecular weight excluding hydrogens is 292 g/mol. The molecular formula is C17H24N4O2. The molecule has 0 aromatic carbocycles. The molecule has 0 atom stereocenters. The predicted octanol–water partition coefficient (Wildman–Crippen LogP) is 2.18. The van der Waals surface area contributed by atoms with Crippen molar-refractivity contribution in [2.24, 2.45) is 5.92 Å². The van der Waals surface area contributed by atoms with Crippen LogP contribution in [0.4, 0.5) is 0 Å². The Morgan fingerprint density at radius 2 is 2.04 bits per heavy atom. The number of pyridine rings is 1. The first kappa shape index (κ1) is 15.9. The lowest BCUT2D eigenvalue weighted by atomic mass is 9.92. The van der Waals surface area contributed by atoms with E-state index in [1.165, 1.54) is 20.0 Å². The summed E-state index contributed by atoms with van der Waals surface area (Å²) in [7, 11) is 1.39. The number of piperidine rings is 1. The summed E-state index contributed by atoms with van der Waals surface area (Å²) in [6.45, 7) is 6.79. The standard InChI is InChI=1S/C17H24N4O2/c1-12(2)20-8-6-13(7-9-20)10-16-19-18-15-5-4-14(11-21(15)16)17(22)23-3/h4-5,11-13H,6-10H2,1-3H3. The van der Waals surface area contributed by atoms with Gasteiger partial charge in [0, 0.05) is 18.7 Å². The lowest BCUT2D eigenvalue weighted by Gasteiger charge is -2.34. The van der Waals surface area contributed by atoms with Crippen LogP contribution in [0.15, 0.2) is 18.3 Å². The van der Waals surface area contributed by atoms with Gasteiger partial charge < -0.3 is 9.64 Å². The lowest BCUT2D eigenvalue weighted by Crippen LogP contribution is -2.39. The SMILES string of the molecule is COC(=O)c1ccc2nnc(CC3CCN(C(C)C)CC3)n2c1. The third-order valence-electron chi connectivity index (χ3n) is 4.74. The lowest BCUT2D eigenvalue weighted by molar-refractivity contribution is 0.0600. The van der Waals surface area contributed by atoms with Gasteiger partial charge in [-0.2, -0.15) is 0 Å². The molecule has 0 radical (unpaired) electrons. The third kappa shape index (κ3) is 3.37. The van der Waals surface area contributed by atoms with Crippen molar-refractivity contribution < 1.29 is 9.53 Å². The molecule has 124 valence electrons. The van der Waals surface area contributed by atoms with Gasteiger partial charge in [0.25, 0.3) is 0 Å². The van der Waals surface area contributed by atoms with E-state index in [9.17, 15) is 4.79 Å². The zero-order chi connectivity index (χ0) is 16.4. The Morgan fingerprint density at radius 3 is 2.70 bits per heavy atom. The molecule has 0 aliphatic carbocycles.